The van der Waals surface area contributed by atoms with Crippen molar-refractivity contribution < 1.29 is 19.2 Å². The Morgan fingerprint density at radius 2 is 1.93 bits per heavy atom. The van der Waals surface area contributed by atoms with Gasteiger partial charge in [0, 0.05) is 26.1 Å². The maximum atomic E-state index is 12.7. The van der Waals surface area contributed by atoms with Crippen LogP contribution in [0.25, 0.3) is 0 Å². The molecule has 5 amide bonds. The summed E-state index contributed by atoms with van der Waals surface area (Å²) in [5, 5.41) is 6.48. The average Bonchev–Trinajstić information content (AvgIpc) is 2.91. The number of hydrazine groups is 1. The molecule has 1 saturated carbocycles. The highest BCUT2D eigenvalue weighted by Gasteiger charge is 2.52. The topological polar surface area (TPSA) is 111 Å². The number of hydrogen-bond acceptors (Lipinski definition) is 5. The van der Waals surface area contributed by atoms with Crippen LogP contribution in [0.4, 0.5) is 4.79 Å². The van der Waals surface area contributed by atoms with Gasteiger partial charge in [-0.15, -0.1) is 0 Å². The number of amides is 5. The van der Waals surface area contributed by atoms with Crippen LogP contribution < -0.4 is 16.1 Å². The summed E-state index contributed by atoms with van der Waals surface area (Å²) in [7, 11) is 0. The second kappa shape index (κ2) is 8.89. The lowest BCUT2D eigenvalue weighted by Crippen LogP contribution is -2.51. The summed E-state index contributed by atoms with van der Waals surface area (Å²) < 4.78 is 0. The first-order valence-corrected chi connectivity index (χ1v) is 10.4. The zero-order chi connectivity index (χ0) is 20.1. The van der Waals surface area contributed by atoms with Gasteiger partial charge in [0.2, 0.25) is 11.8 Å². The summed E-state index contributed by atoms with van der Waals surface area (Å²) in [6, 6.07) is -0.547. The van der Waals surface area contributed by atoms with Crippen molar-refractivity contribution >= 4 is 23.8 Å². The summed E-state index contributed by atoms with van der Waals surface area (Å²) >= 11 is 0. The van der Waals surface area contributed by atoms with E-state index in [1.165, 1.54) is 0 Å². The molecule has 3 fully saturated rings. The van der Waals surface area contributed by atoms with Crippen LogP contribution in [-0.4, -0.2) is 65.4 Å². The molecule has 1 spiro atoms. The number of nitrogens with one attached hydrogen (secondary N) is 3. The first kappa shape index (κ1) is 20.6. The van der Waals surface area contributed by atoms with Gasteiger partial charge in [0.1, 0.15) is 5.54 Å². The van der Waals surface area contributed by atoms with E-state index in [0.29, 0.717) is 32.5 Å². The van der Waals surface area contributed by atoms with E-state index >= 15 is 0 Å². The predicted molar refractivity (Wildman–Crippen MR) is 102 cm³/mol. The molecule has 2 aliphatic heterocycles. The van der Waals surface area contributed by atoms with Crippen molar-refractivity contribution in [1.82, 2.24) is 26.0 Å². The Bertz CT molecular complexity index is 632. The van der Waals surface area contributed by atoms with Crippen molar-refractivity contribution in [1.29, 1.82) is 0 Å². The fourth-order valence-corrected chi connectivity index (χ4v) is 4.45. The molecule has 9 nitrogen and oxygen atoms in total. The molecule has 9 heteroatoms. The van der Waals surface area contributed by atoms with Crippen LogP contribution in [0.1, 0.15) is 58.3 Å². The Labute approximate surface area is 165 Å². The van der Waals surface area contributed by atoms with Crippen LogP contribution in [-0.2, 0) is 14.4 Å². The van der Waals surface area contributed by atoms with Crippen molar-refractivity contribution in [3.05, 3.63) is 0 Å². The Hall–Kier alpha value is -2.16. The van der Waals surface area contributed by atoms with Gasteiger partial charge < -0.3 is 15.5 Å². The molecule has 0 radical (unpaired) electrons. The lowest BCUT2D eigenvalue weighted by atomic mass is 9.82. The van der Waals surface area contributed by atoms with Crippen LogP contribution >= 0.6 is 0 Å². The minimum absolute atomic E-state index is 0.0474. The molecule has 1 aliphatic carbocycles. The number of imide groups is 1. The first-order chi connectivity index (χ1) is 13.4. The van der Waals surface area contributed by atoms with Gasteiger partial charge in [-0.3, -0.25) is 19.8 Å². The summed E-state index contributed by atoms with van der Waals surface area (Å²) in [6.45, 7) is 4.48. The minimum Gasteiger partial charge on any atom is -0.356 e. The molecule has 3 rings (SSSR count). The van der Waals surface area contributed by atoms with E-state index in [1.54, 1.807) is 0 Å². The molecule has 0 aromatic rings. The number of likely N-dealkylation sites (tertiary alicyclic amines) is 1. The SMILES string of the molecule is CCNC(=O)C1CCCN(CCC(=O)NN2C(=O)NC3(CCCCC3)C2=O)C1. The second-order valence-electron chi connectivity index (χ2n) is 8.03. The first-order valence-electron chi connectivity index (χ1n) is 10.4. The van der Waals surface area contributed by atoms with Crippen molar-refractivity contribution in [2.24, 2.45) is 5.92 Å². The van der Waals surface area contributed by atoms with E-state index in [4.69, 9.17) is 0 Å². The number of piperidine rings is 1. The molecule has 0 bridgehead atoms. The van der Waals surface area contributed by atoms with Gasteiger partial charge >= 0.3 is 6.03 Å². The smallest absolute Gasteiger partial charge is 0.344 e. The van der Waals surface area contributed by atoms with E-state index < -0.39 is 11.6 Å². The van der Waals surface area contributed by atoms with Crippen molar-refractivity contribution in [2.45, 2.75) is 63.8 Å². The van der Waals surface area contributed by atoms with Crippen LogP contribution in [0, 0.1) is 5.92 Å². The summed E-state index contributed by atoms with van der Waals surface area (Å²) in [6.07, 6.45) is 6.05. The summed E-state index contributed by atoms with van der Waals surface area (Å²) in [4.78, 5) is 51.3. The molecule has 1 unspecified atom stereocenters. The molecule has 156 valence electrons. The zero-order valence-electron chi connectivity index (χ0n) is 16.6. The van der Waals surface area contributed by atoms with Crippen LogP contribution in [0.2, 0.25) is 0 Å². The average molecular weight is 393 g/mol. The van der Waals surface area contributed by atoms with Crippen molar-refractivity contribution in [2.75, 3.05) is 26.2 Å². The largest absolute Gasteiger partial charge is 0.356 e. The van der Waals surface area contributed by atoms with Crippen LogP contribution in [0.5, 0.6) is 0 Å². The molecule has 2 saturated heterocycles. The Kier molecular flexibility index (Phi) is 6.53. The normalized spacial score (nSPS) is 24.9. The van der Waals surface area contributed by atoms with Gasteiger partial charge in [0.05, 0.1) is 5.92 Å². The highest BCUT2D eigenvalue weighted by Crippen LogP contribution is 2.33. The Morgan fingerprint density at radius 3 is 2.64 bits per heavy atom. The highest BCUT2D eigenvalue weighted by molar-refractivity contribution is 6.08. The lowest BCUT2D eigenvalue weighted by molar-refractivity contribution is -0.140. The third-order valence-corrected chi connectivity index (χ3v) is 5.99. The fourth-order valence-electron chi connectivity index (χ4n) is 4.45. The van der Waals surface area contributed by atoms with Gasteiger partial charge in [0.15, 0.2) is 0 Å². The van der Waals surface area contributed by atoms with Gasteiger partial charge in [-0.25, -0.2) is 4.79 Å². The number of hydrogen-bond donors (Lipinski definition) is 3. The monoisotopic (exact) mass is 393 g/mol. The molecule has 1 atom stereocenters. The predicted octanol–water partition coefficient (Wildman–Crippen LogP) is 0.511. The number of nitrogens with zero attached hydrogens (tertiary/aromatic N) is 2. The van der Waals surface area contributed by atoms with Gasteiger partial charge in [-0.05, 0) is 39.2 Å². The third-order valence-electron chi connectivity index (χ3n) is 5.99. The van der Waals surface area contributed by atoms with Gasteiger partial charge in [-0.2, -0.15) is 5.01 Å². The highest BCUT2D eigenvalue weighted by atomic mass is 16.2. The maximum absolute atomic E-state index is 12.7. The van der Waals surface area contributed by atoms with E-state index in [-0.39, 0.29) is 30.1 Å². The lowest BCUT2D eigenvalue weighted by Gasteiger charge is -2.32. The molecule has 0 aromatic carbocycles. The Morgan fingerprint density at radius 1 is 1.18 bits per heavy atom. The fraction of sp³-hybridized carbons (Fsp3) is 0.789. The number of carbonyl (C=O) groups is 4. The third kappa shape index (κ3) is 4.45. The summed E-state index contributed by atoms with van der Waals surface area (Å²) in [5.41, 5.74) is 1.63. The minimum atomic E-state index is -0.838. The number of rotatable bonds is 6. The Balaban J connectivity index is 1.47. The van der Waals surface area contributed by atoms with Gasteiger partial charge in [0.25, 0.3) is 5.91 Å². The van der Waals surface area contributed by atoms with E-state index in [9.17, 15) is 19.2 Å². The van der Waals surface area contributed by atoms with Crippen LogP contribution in [0.3, 0.4) is 0 Å². The van der Waals surface area contributed by atoms with E-state index in [1.807, 2.05) is 6.92 Å². The standard InChI is InChI=1S/C19H31N5O4/c1-2-20-16(26)14-7-6-11-23(13-14)12-8-15(25)22-24-17(27)19(21-18(24)28)9-4-3-5-10-19/h14H,2-13H2,1H3,(H,20,26)(H,21,28)(H,22,25). The van der Waals surface area contributed by atoms with Crippen molar-refractivity contribution in [3.8, 4) is 0 Å². The quantitative estimate of drug-likeness (QED) is 0.570. The number of urea groups is 1. The molecule has 2 heterocycles. The molecule has 0 aromatic heterocycles. The van der Waals surface area contributed by atoms with Crippen molar-refractivity contribution in [3.63, 3.8) is 0 Å². The van der Waals surface area contributed by atoms with Gasteiger partial charge in [-0.1, -0.05) is 19.3 Å². The molecule has 3 N–H and O–H groups in total. The second-order valence-corrected chi connectivity index (χ2v) is 8.03. The zero-order valence-corrected chi connectivity index (χ0v) is 16.6. The van der Waals surface area contributed by atoms with E-state index in [2.05, 4.69) is 21.0 Å². The van der Waals surface area contributed by atoms with Crippen LogP contribution in [0.15, 0.2) is 0 Å². The van der Waals surface area contributed by atoms with E-state index in [0.717, 1.165) is 43.7 Å². The molecule has 3 aliphatic rings. The molecule has 28 heavy (non-hydrogen) atoms. The molecular formula is C19H31N5O4. The maximum Gasteiger partial charge on any atom is 0.344 e. The number of carbonyl (C=O) groups excluding carboxylic acids is 4. The molecular weight excluding hydrogens is 362 g/mol. The summed E-state index contributed by atoms with van der Waals surface area (Å²) in [5.74, 6) is -0.695.